The van der Waals surface area contributed by atoms with E-state index in [-0.39, 0.29) is 21.7 Å². The van der Waals surface area contributed by atoms with Gasteiger partial charge in [0.25, 0.3) is 0 Å². The lowest BCUT2D eigenvalue weighted by Gasteiger charge is -2.09. The first-order valence-corrected chi connectivity index (χ1v) is 6.26. The normalized spacial score (nSPS) is 18.8. The molecule has 18 heavy (non-hydrogen) atoms. The summed E-state index contributed by atoms with van der Waals surface area (Å²) in [6, 6.07) is 1.29. The van der Waals surface area contributed by atoms with Crippen molar-refractivity contribution in [1.82, 2.24) is 0 Å². The van der Waals surface area contributed by atoms with Crippen LogP contribution in [0.2, 0.25) is 0 Å². The van der Waals surface area contributed by atoms with Crippen LogP contribution in [0.3, 0.4) is 0 Å². The minimum Gasteiger partial charge on any atom is -0.477 e. The van der Waals surface area contributed by atoms with E-state index in [4.69, 9.17) is 9.84 Å². The van der Waals surface area contributed by atoms with E-state index in [1.807, 2.05) is 0 Å². The van der Waals surface area contributed by atoms with Crippen LogP contribution in [0.4, 0.5) is 10.7 Å². The zero-order valence-electron chi connectivity index (χ0n) is 9.42. The van der Waals surface area contributed by atoms with Crippen LogP contribution in [0.15, 0.2) is 6.07 Å². The van der Waals surface area contributed by atoms with Crippen molar-refractivity contribution >= 4 is 28.0 Å². The van der Waals surface area contributed by atoms with E-state index >= 15 is 0 Å². The molecule has 0 aliphatic carbocycles. The molecule has 7 nitrogen and oxygen atoms in total. The Bertz CT molecular complexity index is 467. The highest BCUT2D eigenvalue weighted by Crippen LogP contribution is 2.34. The van der Waals surface area contributed by atoms with Gasteiger partial charge in [-0.05, 0) is 18.9 Å². The summed E-state index contributed by atoms with van der Waals surface area (Å²) < 4.78 is 5.38. The SMILES string of the molecule is O=C(O)c1cc(NCC2CCCO2)c([N+](=O)[O-])s1. The van der Waals surface area contributed by atoms with Crippen LogP contribution in [0.5, 0.6) is 0 Å². The number of nitrogens with zero attached hydrogens (tertiary/aromatic N) is 1. The average molecular weight is 272 g/mol. The van der Waals surface area contributed by atoms with Crippen LogP contribution in [-0.4, -0.2) is 35.3 Å². The number of carboxylic acids is 1. The Morgan fingerprint density at radius 2 is 2.50 bits per heavy atom. The molecule has 1 fully saturated rings. The number of hydrogen-bond acceptors (Lipinski definition) is 6. The Labute approximate surface area is 107 Å². The summed E-state index contributed by atoms with van der Waals surface area (Å²) in [5, 5.41) is 22.3. The second kappa shape index (κ2) is 5.32. The first-order valence-electron chi connectivity index (χ1n) is 5.45. The van der Waals surface area contributed by atoms with Gasteiger partial charge in [0.05, 0.1) is 11.0 Å². The third-order valence-electron chi connectivity index (χ3n) is 2.63. The van der Waals surface area contributed by atoms with E-state index in [1.54, 1.807) is 0 Å². The van der Waals surface area contributed by atoms with Crippen molar-refractivity contribution in [3.63, 3.8) is 0 Å². The van der Waals surface area contributed by atoms with Gasteiger partial charge in [0, 0.05) is 13.2 Å². The zero-order valence-corrected chi connectivity index (χ0v) is 10.2. The molecule has 0 bridgehead atoms. The van der Waals surface area contributed by atoms with Crippen LogP contribution in [0.1, 0.15) is 22.5 Å². The van der Waals surface area contributed by atoms with Crippen molar-refractivity contribution in [1.29, 1.82) is 0 Å². The van der Waals surface area contributed by atoms with E-state index in [1.165, 1.54) is 6.07 Å². The fourth-order valence-corrected chi connectivity index (χ4v) is 2.57. The molecule has 1 aromatic heterocycles. The maximum absolute atomic E-state index is 10.8. The summed E-state index contributed by atoms with van der Waals surface area (Å²) in [6.45, 7) is 1.16. The average Bonchev–Trinajstić information content (AvgIpc) is 2.95. The molecular weight excluding hydrogens is 260 g/mol. The maximum atomic E-state index is 10.8. The molecule has 2 rings (SSSR count). The summed E-state index contributed by atoms with van der Waals surface area (Å²) in [5.41, 5.74) is 0.248. The molecule has 98 valence electrons. The highest BCUT2D eigenvalue weighted by atomic mass is 32.1. The molecule has 0 amide bonds. The van der Waals surface area contributed by atoms with Gasteiger partial charge in [-0.15, -0.1) is 0 Å². The molecule has 1 aromatic rings. The van der Waals surface area contributed by atoms with Gasteiger partial charge in [-0.3, -0.25) is 10.1 Å². The number of carboxylic acid groups (broad SMARTS) is 1. The summed E-state index contributed by atoms with van der Waals surface area (Å²) >= 11 is 0.656. The van der Waals surface area contributed by atoms with E-state index in [0.29, 0.717) is 24.5 Å². The van der Waals surface area contributed by atoms with Gasteiger partial charge in [-0.25, -0.2) is 4.79 Å². The molecule has 0 spiro atoms. The van der Waals surface area contributed by atoms with Gasteiger partial charge in [0.1, 0.15) is 10.6 Å². The number of ether oxygens (including phenoxy) is 1. The predicted octanol–water partition coefficient (Wildman–Crippen LogP) is 1.95. The quantitative estimate of drug-likeness (QED) is 0.627. The highest BCUT2D eigenvalue weighted by Gasteiger charge is 2.23. The van der Waals surface area contributed by atoms with Gasteiger partial charge in [-0.2, -0.15) is 0 Å². The smallest absolute Gasteiger partial charge is 0.347 e. The van der Waals surface area contributed by atoms with Crippen molar-refractivity contribution in [2.24, 2.45) is 0 Å². The van der Waals surface area contributed by atoms with E-state index in [9.17, 15) is 14.9 Å². The van der Waals surface area contributed by atoms with Crippen LogP contribution >= 0.6 is 11.3 Å². The predicted molar refractivity (Wildman–Crippen MR) is 65.4 cm³/mol. The van der Waals surface area contributed by atoms with Crippen molar-refractivity contribution in [3.8, 4) is 0 Å². The van der Waals surface area contributed by atoms with E-state index in [0.717, 1.165) is 12.8 Å². The number of anilines is 1. The molecule has 1 aliphatic heterocycles. The van der Waals surface area contributed by atoms with Crippen LogP contribution in [0, 0.1) is 10.1 Å². The van der Waals surface area contributed by atoms with Crippen molar-refractivity contribution in [2.75, 3.05) is 18.5 Å². The fraction of sp³-hybridized carbons (Fsp3) is 0.500. The summed E-state index contributed by atoms with van der Waals surface area (Å²) in [5.74, 6) is -1.16. The molecule has 2 N–H and O–H groups in total. The minimum absolute atomic E-state index is 0.0396. The van der Waals surface area contributed by atoms with Gasteiger partial charge >= 0.3 is 11.0 Å². The standard InChI is InChI=1S/C10H12N2O5S/c13-10(14)8-4-7(9(18-8)12(15)16)11-5-6-2-1-3-17-6/h4,6,11H,1-3,5H2,(H,13,14). The summed E-state index contributed by atoms with van der Waals surface area (Å²) in [4.78, 5) is 21.0. The first-order chi connectivity index (χ1) is 8.58. The monoisotopic (exact) mass is 272 g/mol. The third kappa shape index (κ3) is 2.77. The Hall–Kier alpha value is -1.67. The molecule has 1 aliphatic rings. The lowest BCUT2D eigenvalue weighted by molar-refractivity contribution is -0.379. The van der Waals surface area contributed by atoms with Crippen molar-refractivity contribution in [2.45, 2.75) is 18.9 Å². The minimum atomic E-state index is -1.16. The Morgan fingerprint density at radius 1 is 1.72 bits per heavy atom. The van der Waals surface area contributed by atoms with Crippen LogP contribution in [-0.2, 0) is 4.74 Å². The summed E-state index contributed by atoms with van der Waals surface area (Å²) in [7, 11) is 0. The fourth-order valence-electron chi connectivity index (χ4n) is 1.78. The number of hydrogen-bond donors (Lipinski definition) is 2. The summed E-state index contributed by atoms with van der Waals surface area (Å²) in [6.07, 6.45) is 1.94. The number of aromatic carboxylic acids is 1. The number of nitrogens with one attached hydrogen (secondary N) is 1. The van der Waals surface area contributed by atoms with Crippen LogP contribution < -0.4 is 5.32 Å². The van der Waals surface area contributed by atoms with E-state index in [2.05, 4.69) is 5.32 Å². The lowest BCUT2D eigenvalue weighted by Crippen LogP contribution is -2.18. The number of nitro groups is 1. The largest absolute Gasteiger partial charge is 0.477 e. The van der Waals surface area contributed by atoms with Crippen molar-refractivity contribution < 1.29 is 19.6 Å². The molecule has 2 heterocycles. The topological polar surface area (TPSA) is 102 Å². The number of carbonyl (C=O) groups is 1. The first kappa shape index (κ1) is 12.8. The van der Waals surface area contributed by atoms with Crippen molar-refractivity contribution in [3.05, 3.63) is 21.1 Å². The molecule has 0 aromatic carbocycles. The second-order valence-electron chi connectivity index (χ2n) is 3.91. The Morgan fingerprint density at radius 3 is 3.06 bits per heavy atom. The molecule has 1 saturated heterocycles. The zero-order chi connectivity index (χ0) is 13.1. The lowest BCUT2D eigenvalue weighted by atomic mass is 10.2. The molecule has 8 heteroatoms. The van der Waals surface area contributed by atoms with Gasteiger partial charge < -0.3 is 15.2 Å². The molecule has 0 radical (unpaired) electrons. The number of rotatable bonds is 5. The van der Waals surface area contributed by atoms with E-state index < -0.39 is 10.9 Å². The molecule has 0 saturated carbocycles. The van der Waals surface area contributed by atoms with Gasteiger partial charge in [0.2, 0.25) is 0 Å². The highest BCUT2D eigenvalue weighted by molar-refractivity contribution is 7.17. The number of thiophene rings is 1. The molecule has 1 unspecified atom stereocenters. The molecular formula is C10H12N2O5S. The van der Waals surface area contributed by atoms with Gasteiger partial charge in [-0.1, -0.05) is 11.3 Å². The Kier molecular flexibility index (Phi) is 3.78. The van der Waals surface area contributed by atoms with Crippen LogP contribution in [0.25, 0.3) is 0 Å². The third-order valence-corrected chi connectivity index (χ3v) is 3.71. The molecule has 1 atom stereocenters. The maximum Gasteiger partial charge on any atom is 0.347 e. The second-order valence-corrected chi connectivity index (χ2v) is 4.94. The Balaban J connectivity index is 2.09. The van der Waals surface area contributed by atoms with Gasteiger partial charge in [0.15, 0.2) is 0 Å².